The predicted octanol–water partition coefficient (Wildman–Crippen LogP) is 6.09. The fraction of sp³-hybridized carbons (Fsp3) is 0.200. The van der Waals surface area contributed by atoms with Gasteiger partial charge in [-0.2, -0.15) is 0 Å². The Bertz CT molecular complexity index is 588. The lowest BCUT2D eigenvalue weighted by Crippen LogP contribution is -2.01. The predicted molar refractivity (Wildman–Crippen MR) is 90.1 cm³/mol. The number of halogens is 3. The third-order valence-electron chi connectivity index (χ3n) is 2.89. The van der Waals surface area contributed by atoms with E-state index in [1.807, 2.05) is 19.1 Å². The maximum atomic E-state index is 6.13. The van der Waals surface area contributed by atoms with Gasteiger partial charge in [0.2, 0.25) is 0 Å². The summed E-state index contributed by atoms with van der Waals surface area (Å²) in [5, 5.41) is 4.23. The highest BCUT2D eigenvalue weighted by atomic mass is 79.9. The second kappa shape index (κ2) is 6.29. The van der Waals surface area contributed by atoms with E-state index in [2.05, 4.69) is 62.3 Å². The maximum Gasteiger partial charge on any atom is 0.0631 e. The molecule has 0 fully saturated rings. The molecule has 100 valence electrons. The van der Waals surface area contributed by atoms with Gasteiger partial charge in [-0.1, -0.05) is 23.7 Å². The Labute approximate surface area is 135 Å². The quantitative estimate of drug-likeness (QED) is 0.653. The van der Waals surface area contributed by atoms with Crippen LogP contribution in [0.2, 0.25) is 5.02 Å². The summed E-state index contributed by atoms with van der Waals surface area (Å²) >= 11 is 13.3. The van der Waals surface area contributed by atoms with Gasteiger partial charge in [-0.15, -0.1) is 0 Å². The molecule has 2 aromatic rings. The Morgan fingerprint density at radius 2 is 1.68 bits per heavy atom. The molecule has 0 amide bonds. The van der Waals surface area contributed by atoms with Gasteiger partial charge in [0.1, 0.15) is 0 Å². The second-order valence-electron chi connectivity index (χ2n) is 4.54. The zero-order chi connectivity index (χ0) is 14.0. The van der Waals surface area contributed by atoms with E-state index in [1.165, 1.54) is 5.56 Å². The first-order chi connectivity index (χ1) is 8.97. The van der Waals surface area contributed by atoms with E-state index < -0.39 is 0 Å². The zero-order valence-corrected chi connectivity index (χ0v) is 14.7. The molecule has 0 unspecified atom stereocenters. The third-order valence-corrected chi connectivity index (χ3v) is 4.55. The summed E-state index contributed by atoms with van der Waals surface area (Å²) in [5.41, 5.74) is 4.53. The van der Waals surface area contributed by atoms with Gasteiger partial charge >= 0.3 is 0 Å². The molecule has 0 saturated heterocycles. The molecule has 0 aliphatic carbocycles. The molecule has 2 aromatic carbocycles. The standard InChI is InChI=1S/C15H14Br2ClN/c1-9-5-12(16)15(13(17)6-9)19-8-11-4-3-10(2)14(18)7-11/h3-7,19H,8H2,1-2H3. The number of aryl methyl sites for hydroxylation is 2. The van der Waals surface area contributed by atoms with Crippen LogP contribution in [0.5, 0.6) is 0 Å². The lowest BCUT2D eigenvalue weighted by atomic mass is 10.1. The average Bonchev–Trinajstić information content (AvgIpc) is 2.32. The molecule has 1 N–H and O–H groups in total. The Morgan fingerprint density at radius 3 is 2.26 bits per heavy atom. The summed E-state index contributed by atoms with van der Waals surface area (Å²) in [6.45, 7) is 4.81. The first-order valence-electron chi connectivity index (χ1n) is 5.92. The molecule has 0 aliphatic heterocycles. The summed E-state index contributed by atoms with van der Waals surface area (Å²) < 4.78 is 2.11. The topological polar surface area (TPSA) is 12.0 Å². The van der Waals surface area contributed by atoms with E-state index in [4.69, 9.17) is 11.6 Å². The number of anilines is 1. The highest BCUT2D eigenvalue weighted by molar-refractivity contribution is 9.11. The number of benzene rings is 2. The molecule has 0 heterocycles. The number of hydrogen-bond acceptors (Lipinski definition) is 1. The third kappa shape index (κ3) is 3.74. The summed E-state index contributed by atoms with van der Waals surface area (Å²) in [6.07, 6.45) is 0. The molecule has 19 heavy (non-hydrogen) atoms. The molecule has 4 heteroatoms. The van der Waals surface area contributed by atoms with Crippen molar-refractivity contribution in [3.63, 3.8) is 0 Å². The van der Waals surface area contributed by atoms with Gasteiger partial charge in [0, 0.05) is 20.5 Å². The molecule has 1 nitrogen and oxygen atoms in total. The molecule has 0 atom stereocenters. The van der Waals surface area contributed by atoms with E-state index in [0.29, 0.717) is 0 Å². The van der Waals surface area contributed by atoms with Crippen LogP contribution in [0.15, 0.2) is 39.3 Å². The minimum Gasteiger partial charge on any atom is -0.379 e. The summed E-state index contributed by atoms with van der Waals surface area (Å²) in [5.74, 6) is 0. The molecule has 0 aromatic heterocycles. The van der Waals surface area contributed by atoms with E-state index in [0.717, 1.165) is 37.3 Å². The van der Waals surface area contributed by atoms with E-state index in [9.17, 15) is 0 Å². The van der Waals surface area contributed by atoms with Crippen LogP contribution < -0.4 is 5.32 Å². The van der Waals surface area contributed by atoms with Crippen molar-refractivity contribution >= 4 is 49.1 Å². The number of hydrogen-bond donors (Lipinski definition) is 1. The van der Waals surface area contributed by atoms with Crippen molar-refractivity contribution in [2.75, 3.05) is 5.32 Å². The first-order valence-corrected chi connectivity index (χ1v) is 7.88. The summed E-state index contributed by atoms with van der Waals surface area (Å²) in [7, 11) is 0. The lowest BCUT2D eigenvalue weighted by Gasteiger charge is -2.12. The van der Waals surface area contributed by atoms with Crippen molar-refractivity contribution < 1.29 is 0 Å². The van der Waals surface area contributed by atoms with Gasteiger partial charge in [-0.05, 0) is 80.6 Å². The zero-order valence-electron chi connectivity index (χ0n) is 10.7. The molecule has 0 bridgehead atoms. The lowest BCUT2D eigenvalue weighted by molar-refractivity contribution is 1.14. The van der Waals surface area contributed by atoms with Crippen LogP contribution in [0.4, 0.5) is 5.69 Å². The van der Waals surface area contributed by atoms with E-state index in [1.54, 1.807) is 0 Å². The minimum atomic E-state index is 0.736. The van der Waals surface area contributed by atoms with Crippen molar-refractivity contribution in [2.45, 2.75) is 20.4 Å². The molecule has 0 radical (unpaired) electrons. The van der Waals surface area contributed by atoms with Crippen molar-refractivity contribution in [1.82, 2.24) is 0 Å². The van der Waals surface area contributed by atoms with Crippen molar-refractivity contribution in [3.05, 3.63) is 61.0 Å². The molecular weight excluding hydrogens is 389 g/mol. The Kier molecular flexibility index (Phi) is 4.93. The van der Waals surface area contributed by atoms with Crippen molar-refractivity contribution in [2.24, 2.45) is 0 Å². The van der Waals surface area contributed by atoms with Crippen LogP contribution >= 0.6 is 43.5 Å². The fourth-order valence-corrected chi connectivity index (χ4v) is 3.70. The van der Waals surface area contributed by atoms with Crippen LogP contribution in [0.3, 0.4) is 0 Å². The minimum absolute atomic E-state index is 0.736. The fourth-order valence-electron chi connectivity index (χ4n) is 1.81. The first kappa shape index (κ1) is 14.9. The molecular formula is C15H14Br2ClN. The molecule has 0 aliphatic rings. The average molecular weight is 404 g/mol. The monoisotopic (exact) mass is 401 g/mol. The Balaban J connectivity index is 2.16. The van der Waals surface area contributed by atoms with E-state index in [-0.39, 0.29) is 0 Å². The van der Waals surface area contributed by atoms with Crippen LogP contribution in [-0.4, -0.2) is 0 Å². The second-order valence-corrected chi connectivity index (χ2v) is 6.66. The molecule has 0 spiro atoms. The van der Waals surface area contributed by atoms with Crippen LogP contribution in [0.25, 0.3) is 0 Å². The van der Waals surface area contributed by atoms with Gasteiger partial charge in [0.15, 0.2) is 0 Å². The van der Waals surface area contributed by atoms with Gasteiger partial charge in [-0.25, -0.2) is 0 Å². The van der Waals surface area contributed by atoms with E-state index >= 15 is 0 Å². The van der Waals surface area contributed by atoms with Gasteiger partial charge in [0.25, 0.3) is 0 Å². The van der Waals surface area contributed by atoms with Gasteiger partial charge in [-0.3, -0.25) is 0 Å². The van der Waals surface area contributed by atoms with Crippen LogP contribution in [0.1, 0.15) is 16.7 Å². The van der Waals surface area contributed by atoms with Crippen LogP contribution in [-0.2, 0) is 6.54 Å². The molecule has 2 rings (SSSR count). The summed E-state index contributed by atoms with van der Waals surface area (Å²) in [6, 6.07) is 10.3. The number of rotatable bonds is 3. The largest absolute Gasteiger partial charge is 0.379 e. The maximum absolute atomic E-state index is 6.13. The number of nitrogens with one attached hydrogen (secondary N) is 1. The highest BCUT2D eigenvalue weighted by Crippen LogP contribution is 2.32. The Hall–Kier alpha value is -0.510. The summed E-state index contributed by atoms with van der Waals surface area (Å²) in [4.78, 5) is 0. The van der Waals surface area contributed by atoms with Crippen molar-refractivity contribution in [1.29, 1.82) is 0 Å². The Morgan fingerprint density at radius 1 is 1.05 bits per heavy atom. The SMILES string of the molecule is Cc1cc(Br)c(NCc2ccc(C)c(Cl)c2)c(Br)c1. The van der Waals surface area contributed by atoms with Gasteiger partial charge < -0.3 is 5.32 Å². The van der Waals surface area contributed by atoms with Gasteiger partial charge in [0.05, 0.1) is 5.69 Å². The smallest absolute Gasteiger partial charge is 0.0631 e. The normalized spacial score (nSPS) is 10.6. The highest BCUT2D eigenvalue weighted by Gasteiger charge is 2.06. The van der Waals surface area contributed by atoms with Crippen molar-refractivity contribution in [3.8, 4) is 0 Å². The van der Waals surface area contributed by atoms with Crippen LogP contribution in [0, 0.1) is 13.8 Å². The molecule has 0 saturated carbocycles.